The number of nitrogens with zero attached hydrogens (tertiary/aromatic N) is 3. The van der Waals surface area contributed by atoms with Crippen molar-refractivity contribution in [2.45, 2.75) is 43.6 Å². The van der Waals surface area contributed by atoms with Crippen LogP contribution in [0.3, 0.4) is 0 Å². The standard InChI is InChI=1S/C24H22ClFN4OS/c1-24(2)11-18-20(19(31)12-24)21(14-7-9-16(26)10-8-14)30-22(27-18)28-23(29-30)32-13-15-5-3-4-6-17(15)25/h3-10,21H,11-13H2,1-2H3,(H,27,28,29). The van der Waals surface area contributed by atoms with Crippen LogP contribution in [0.5, 0.6) is 0 Å². The lowest BCUT2D eigenvalue weighted by Gasteiger charge is -2.38. The van der Waals surface area contributed by atoms with Gasteiger partial charge in [-0.25, -0.2) is 9.07 Å². The molecule has 5 rings (SSSR count). The summed E-state index contributed by atoms with van der Waals surface area (Å²) in [5.74, 6) is 0.987. The minimum Gasteiger partial charge on any atom is -0.328 e. The molecule has 3 aromatic rings. The molecular formula is C24H22ClFN4OS. The summed E-state index contributed by atoms with van der Waals surface area (Å²) in [4.78, 5) is 17.9. The molecule has 2 heterocycles. The SMILES string of the molecule is CC1(C)CC(=O)C2=C(C1)Nc1nc(SCc3ccccc3Cl)nn1C2c1ccc(F)cc1. The number of fused-ring (bicyclic) bond motifs is 1. The van der Waals surface area contributed by atoms with Crippen molar-refractivity contribution in [2.24, 2.45) is 5.41 Å². The van der Waals surface area contributed by atoms with Gasteiger partial charge in [0.25, 0.3) is 0 Å². The average Bonchev–Trinajstić information content (AvgIpc) is 3.14. The van der Waals surface area contributed by atoms with E-state index in [2.05, 4.69) is 19.2 Å². The molecule has 1 aromatic heterocycles. The van der Waals surface area contributed by atoms with Gasteiger partial charge in [-0.15, -0.1) is 5.10 Å². The number of allylic oxidation sites excluding steroid dienone is 2. The molecule has 0 saturated heterocycles. The highest BCUT2D eigenvalue weighted by Gasteiger charge is 2.41. The third kappa shape index (κ3) is 3.95. The van der Waals surface area contributed by atoms with Gasteiger partial charge in [-0.05, 0) is 41.2 Å². The third-order valence-corrected chi connectivity index (χ3v) is 7.07. The Balaban J connectivity index is 1.53. The number of rotatable bonds is 4. The van der Waals surface area contributed by atoms with Crippen LogP contribution in [0.1, 0.15) is 43.9 Å². The number of Topliss-reactive ketones (excluding diaryl/α,β-unsaturated/α-hetero) is 1. The van der Waals surface area contributed by atoms with E-state index in [1.807, 2.05) is 24.3 Å². The van der Waals surface area contributed by atoms with Crippen molar-refractivity contribution in [1.29, 1.82) is 0 Å². The van der Waals surface area contributed by atoms with Crippen LogP contribution in [-0.4, -0.2) is 20.5 Å². The van der Waals surface area contributed by atoms with Crippen molar-refractivity contribution in [3.8, 4) is 0 Å². The highest BCUT2D eigenvalue weighted by atomic mass is 35.5. The van der Waals surface area contributed by atoms with E-state index < -0.39 is 6.04 Å². The van der Waals surface area contributed by atoms with E-state index in [0.717, 1.165) is 23.2 Å². The van der Waals surface area contributed by atoms with Crippen LogP contribution in [0.2, 0.25) is 5.02 Å². The number of ketones is 1. The molecule has 0 spiro atoms. The van der Waals surface area contributed by atoms with Crippen molar-refractivity contribution in [2.75, 3.05) is 5.32 Å². The highest BCUT2D eigenvalue weighted by Crippen LogP contribution is 2.45. The quantitative estimate of drug-likeness (QED) is 0.474. The number of thioether (sulfide) groups is 1. The molecule has 5 nitrogen and oxygen atoms in total. The Morgan fingerprint density at radius 2 is 1.94 bits per heavy atom. The number of hydrogen-bond acceptors (Lipinski definition) is 5. The summed E-state index contributed by atoms with van der Waals surface area (Å²) in [6.45, 7) is 4.18. The zero-order valence-electron chi connectivity index (χ0n) is 17.7. The predicted octanol–water partition coefficient (Wildman–Crippen LogP) is 6.02. The summed E-state index contributed by atoms with van der Waals surface area (Å²) in [5.41, 5.74) is 3.24. The molecule has 0 saturated carbocycles. The minimum atomic E-state index is -0.437. The minimum absolute atomic E-state index is 0.0875. The molecule has 0 amide bonds. The maximum absolute atomic E-state index is 13.6. The van der Waals surface area contributed by atoms with Crippen molar-refractivity contribution >= 4 is 35.1 Å². The summed E-state index contributed by atoms with van der Waals surface area (Å²) in [7, 11) is 0. The maximum atomic E-state index is 13.6. The number of halogens is 2. The average molecular weight is 469 g/mol. The summed E-state index contributed by atoms with van der Waals surface area (Å²) in [6.07, 6.45) is 1.20. The molecule has 8 heteroatoms. The van der Waals surface area contributed by atoms with Gasteiger partial charge in [0.05, 0.1) is 0 Å². The molecule has 2 aliphatic rings. The Hall–Kier alpha value is -2.64. The van der Waals surface area contributed by atoms with Crippen LogP contribution in [0.4, 0.5) is 10.3 Å². The van der Waals surface area contributed by atoms with E-state index in [0.29, 0.717) is 33.9 Å². The first-order chi connectivity index (χ1) is 15.3. The number of hydrogen-bond donors (Lipinski definition) is 1. The van der Waals surface area contributed by atoms with Crippen molar-refractivity contribution in [3.63, 3.8) is 0 Å². The molecule has 1 aliphatic carbocycles. The largest absolute Gasteiger partial charge is 0.328 e. The Morgan fingerprint density at radius 1 is 1.19 bits per heavy atom. The van der Waals surface area contributed by atoms with Gasteiger partial charge in [-0.3, -0.25) is 4.79 Å². The van der Waals surface area contributed by atoms with Gasteiger partial charge in [-0.1, -0.05) is 67.5 Å². The van der Waals surface area contributed by atoms with E-state index in [9.17, 15) is 9.18 Å². The smallest absolute Gasteiger partial charge is 0.227 e. The molecular weight excluding hydrogens is 447 g/mol. The van der Waals surface area contributed by atoms with Crippen molar-refractivity contribution < 1.29 is 9.18 Å². The third-order valence-electron chi connectivity index (χ3n) is 5.81. The Morgan fingerprint density at radius 3 is 2.69 bits per heavy atom. The molecule has 1 aliphatic heterocycles. The monoisotopic (exact) mass is 468 g/mol. The number of benzene rings is 2. The number of carbonyl (C=O) groups is 1. The first kappa shape index (κ1) is 21.2. The van der Waals surface area contributed by atoms with Crippen LogP contribution in [-0.2, 0) is 10.5 Å². The topological polar surface area (TPSA) is 59.8 Å². The van der Waals surface area contributed by atoms with Crippen molar-refractivity contribution in [1.82, 2.24) is 14.8 Å². The summed E-state index contributed by atoms with van der Waals surface area (Å²) < 4.78 is 15.4. The van der Waals surface area contributed by atoms with E-state index in [4.69, 9.17) is 21.7 Å². The molecule has 0 radical (unpaired) electrons. The summed E-state index contributed by atoms with van der Waals surface area (Å²) in [5, 5.41) is 9.37. The lowest BCUT2D eigenvalue weighted by molar-refractivity contribution is -0.118. The molecule has 1 N–H and O–H groups in total. The Kier molecular flexibility index (Phi) is 5.34. The van der Waals surface area contributed by atoms with Gasteiger partial charge in [-0.2, -0.15) is 4.98 Å². The number of carbonyl (C=O) groups excluding carboxylic acids is 1. The van der Waals surface area contributed by atoms with Gasteiger partial charge in [0, 0.05) is 28.5 Å². The maximum Gasteiger partial charge on any atom is 0.227 e. The van der Waals surface area contributed by atoms with Gasteiger partial charge in [0.15, 0.2) is 5.78 Å². The number of aromatic nitrogens is 3. The fourth-order valence-corrected chi connectivity index (χ4v) is 5.48. The van der Waals surface area contributed by atoms with Crippen LogP contribution in [0.15, 0.2) is 65.0 Å². The molecule has 32 heavy (non-hydrogen) atoms. The van der Waals surface area contributed by atoms with Gasteiger partial charge in [0.2, 0.25) is 11.1 Å². The predicted molar refractivity (Wildman–Crippen MR) is 124 cm³/mol. The lowest BCUT2D eigenvalue weighted by Crippen LogP contribution is -2.36. The van der Waals surface area contributed by atoms with Gasteiger partial charge >= 0.3 is 0 Å². The second-order valence-electron chi connectivity index (χ2n) is 8.95. The summed E-state index contributed by atoms with van der Waals surface area (Å²) in [6, 6.07) is 13.5. The second kappa shape index (κ2) is 8.05. The van der Waals surface area contributed by atoms with E-state index in [-0.39, 0.29) is 17.0 Å². The lowest BCUT2D eigenvalue weighted by atomic mass is 9.73. The zero-order valence-corrected chi connectivity index (χ0v) is 19.3. The zero-order chi connectivity index (χ0) is 22.5. The molecule has 0 fully saturated rings. The summed E-state index contributed by atoms with van der Waals surface area (Å²) >= 11 is 7.77. The Labute approximate surface area is 195 Å². The molecule has 164 valence electrons. The fraction of sp³-hybridized carbons (Fsp3) is 0.292. The normalized spacial score (nSPS) is 19.4. The van der Waals surface area contributed by atoms with Crippen LogP contribution >= 0.6 is 23.4 Å². The van der Waals surface area contributed by atoms with Gasteiger partial charge in [0.1, 0.15) is 11.9 Å². The van der Waals surface area contributed by atoms with Crippen LogP contribution < -0.4 is 5.32 Å². The molecule has 2 aromatic carbocycles. The Bertz CT molecular complexity index is 1240. The molecule has 0 bridgehead atoms. The van der Waals surface area contributed by atoms with Crippen LogP contribution in [0.25, 0.3) is 0 Å². The van der Waals surface area contributed by atoms with Gasteiger partial charge < -0.3 is 5.32 Å². The van der Waals surface area contributed by atoms with Crippen LogP contribution in [0, 0.1) is 11.2 Å². The second-order valence-corrected chi connectivity index (χ2v) is 10.3. The van der Waals surface area contributed by atoms with E-state index >= 15 is 0 Å². The fourth-order valence-electron chi connectivity index (χ4n) is 4.36. The molecule has 1 unspecified atom stereocenters. The number of nitrogens with one attached hydrogen (secondary N) is 1. The van der Waals surface area contributed by atoms with E-state index in [1.54, 1.807) is 16.8 Å². The van der Waals surface area contributed by atoms with E-state index in [1.165, 1.54) is 23.9 Å². The molecule has 1 atom stereocenters. The number of anilines is 1. The highest BCUT2D eigenvalue weighted by molar-refractivity contribution is 7.98. The van der Waals surface area contributed by atoms with Crippen molar-refractivity contribution in [3.05, 3.63) is 81.8 Å². The first-order valence-electron chi connectivity index (χ1n) is 10.4. The first-order valence-corrected chi connectivity index (χ1v) is 11.8.